The zero-order valence-corrected chi connectivity index (χ0v) is 12.7. The fourth-order valence-electron chi connectivity index (χ4n) is 2.00. The smallest absolute Gasteiger partial charge is 0.195 e. The van der Waals surface area contributed by atoms with E-state index < -0.39 is 0 Å². The van der Waals surface area contributed by atoms with Crippen LogP contribution in [0.3, 0.4) is 0 Å². The van der Waals surface area contributed by atoms with Crippen LogP contribution in [0.4, 0.5) is 0 Å². The Morgan fingerprint density at radius 3 is 1.70 bits per heavy atom. The fourth-order valence-corrected chi connectivity index (χ4v) is 3.07. The minimum atomic E-state index is 0.139. The first-order valence-corrected chi connectivity index (χ1v) is 7.70. The third-order valence-electron chi connectivity index (χ3n) is 2.98. The van der Waals surface area contributed by atoms with Crippen molar-refractivity contribution in [1.82, 2.24) is 5.32 Å². The van der Waals surface area contributed by atoms with E-state index in [4.69, 9.17) is 0 Å². The van der Waals surface area contributed by atoms with E-state index in [1.165, 1.54) is 0 Å². The van der Waals surface area contributed by atoms with Crippen LogP contribution in [0.5, 0.6) is 0 Å². The zero-order valence-electron chi connectivity index (χ0n) is 11.8. The summed E-state index contributed by atoms with van der Waals surface area (Å²) in [6, 6.07) is 15.5. The molecule has 104 valence electrons. The van der Waals surface area contributed by atoms with Crippen molar-refractivity contribution in [3.05, 3.63) is 58.8 Å². The van der Waals surface area contributed by atoms with Crippen molar-refractivity contribution in [2.24, 2.45) is 0 Å². The summed E-state index contributed by atoms with van der Waals surface area (Å²) in [5.74, 6) is 0. The lowest BCUT2D eigenvalue weighted by Gasteiger charge is -1.99. The summed E-state index contributed by atoms with van der Waals surface area (Å²) < 4.78 is 2.11. The molecule has 1 heterocycles. The lowest BCUT2D eigenvalue weighted by molar-refractivity contribution is 0.762. The number of hydrogen-bond donors (Lipinski definition) is 1. The molecular weight excluding hydrogens is 266 g/mol. The van der Waals surface area contributed by atoms with E-state index in [2.05, 4.69) is 19.2 Å². The number of fused-ring (bicyclic) bond motifs is 2. The summed E-state index contributed by atoms with van der Waals surface area (Å²) in [5.41, 5.74) is 0.139. The molecule has 3 aromatic rings. The third kappa shape index (κ3) is 3.24. The first-order chi connectivity index (χ1) is 9.77. The highest BCUT2D eigenvalue weighted by atomic mass is 32.1. The summed E-state index contributed by atoms with van der Waals surface area (Å²) in [6.07, 6.45) is 0. The van der Waals surface area contributed by atoms with Gasteiger partial charge in [0.2, 0.25) is 0 Å². The zero-order chi connectivity index (χ0) is 14.4. The van der Waals surface area contributed by atoms with Gasteiger partial charge in [0.15, 0.2) is 5.43 Å². The second-order valence-electron chi connectivity index (χ2n) is 4.38. The maximum atomic E-state index is 12.1. The molecule has 0 amide bonds. The Balaban J connectivity index is 0.000000257. The summed E-state index contributed by atoms with van der Waals surface area (Å²) in [5, 5.41) is 4.75. The van der Waals surface area contributed by atoms with E-state index in [1.807, 2.05) is 48.5 Å². The molecule has 2 nitrogen and oxygen atoms in total. The predicted octanol–water partition coefficient (Wildman–Crippen LogP) is 4.03. The van der Waals surface area contributed by atoms with Crippen molar-refractivity contribution >= 4 is 31.5 Å². The van der Waals surface area contributed by atoms with E-state index in [9.17, 15) is 4.79 Å². The molecule has 0 aliphatic carbocycles. The maximum Gasteiger partial charge on any atom is 0.195 e. The van der Waals surface area contributed by atoms with Crippen LogP contribution < -0.4 is 10.7 Å². The first-order valence-electron chi connectivity index (χ1n) is 6.89. The van der Waals surface area contributed by atoms with Crippen LogP contribution in [0, 0.1) is 0 Å². The Morgan fingerprint density at radius 2 is 1.30 bits per heavy atom. The van der Waals surface area contributed by atoms with Gasteiger partial charge in [-0.3, -0.25) is 4.79 Å². The van der Waals surface area contributed by atoms with Gasteiger partial charge in [0.1, 0.15) is 0 Å². The van der Waals surface area contributed by atoms with Crippen LogP contribution in [0.15, 0.2) is 53.3 Å². The van der Waals surface area contributed by atoms with Gasteiger partial charge in [-0.05, 0) is 37.4 Å². The molecule has 3 heteroatoms. The van der Waals surface area contributed by atoms with Gasteiger partial charge < -0.3 is 5.32 Å². The highest BCUT2D eigenvalue weighted by Gasteiger charge is 2.03. The largest absolute Gasteiger partial charge is 0.317 e. The van der Waals surface area contributed by atoms with Crippen molar-refractivity contribution in [3.8, 4) is 0 Å². The summed E-state index contributed by atoms with van der Waals surface area (Å²) in [7, 11) is 0. The molecule has 0 atom stereocenters. The fraction of sp³-hybridized carbons (Fsp3) is 0.235. The molecule has 0 radical (unpaired) electrons. The highest BCUT2D eigenvalue weighted by Crippen LogP contribution is 2.23. The minimum Gasteiger partial charge on any atom is -0.317 e. The second kappa shape index (κ2) is 7.17. The van der Waals surface area contributed by atoms with Crippen molar-refractivity contribution in [1.29, 1.82) is 0 Å². The lowest BCUT2D eigenvalue weighted by Crippen LogP contribution is -2.09. The van der Waals surface area contributed by atoms with Crippen LogP contribution in [-0.2, 0) is 0 Å². The van der Waals surface area contributed by atoms with Gasteiger partial charge in [-0.15, -0.1) is 11.3 Å². The molecule has 0 saturated carbocycles. The average Bonchev–Trinajstić information content (AvgIpc) is 2.49. The Labute approximate surface area is 123 Å². The molecular formula is C17H19NOS. The van der Waals surface area contributed by atoms with E-state index in [1.54, 1.807) is 11.3 Å². The molecule has 0 aliphatic rings. The van der Waals surface area contributed by atoms with E-state index in [0.717, 1.165) is 33.3 Å². The average molecular weight is 285 g/mol. The van der Waals surface area contributed by atoms with Crippen LogP contribution >= 0.6 is 11.3 Å². The van der Waals surface area contributed by atoms with E-state index >= 15 is 0 Å². The molecule has 0 fully saturated rings. The van der Waals surface area contributed by atoms with Crippen LogP contribution in [0.2, 0.25) is 0 Å². The molecule has 2 aromatic carbocycles. The number of rotatable bonds is 2. The maximum absolute atomic E-state index is 12.1. The Morgan fingerprint density at radius 1 is 0.850 bits per heavy atom. The van der Waals surface area contributed by atoms with Gasteiger partial charge >= 0.3 is 0 Å². The number of benzene rings is 2. The molecule has 0 bridgehead atoms. The third-order valence-corrected chi connectivity index (χ3v) is 4.14. The number of hydrogen-bond acceptors (Lipinski definition) is 3. The van der Waals surface area contributed by atoms with Crippen LogP contribution in [0.1, 0.15) is 13.8 Å². The van der Waals surface area contributed by atoms with Gasteiger partial charge in [-0.1, -0.05) is 38.1 Å². The lowest BCUT2D eigenvalue weighted by atomic mass is 10.2. The summed E-state index contributed by atoms with van der Waals surface area (Å²) in [4.78, 5) is 12.1. The van der Waals surface area contributed by atoms with Crippen molar-refractivity contribution in [3.63, 3.8) is 0 Å². The second-order valence-corrected chi connectivity index (χ2v) is 5.46. The van der Waals surface area contributed by atoms with E-state index in [-0.39, 0.29) is 5.43 Å². The summed E-state index contributed by atoms with van der Waals surface area (Å²) in [6.45, 7) is 6.39. The van der Waals surface area contributed by atoms with Crippen molar-refractivity contribution in [2.45, 2.75) is 13.8 Å². The highest BCUT2D eigenvalue weighted by molar-refractivity contribution is 7.24. The van der Waals surface area contributed by atoms with Crippen LogP contribution in [0.25, 0.3) is 20.2 Å². The number of nitrogens with one attached hydrogen (secondary N) is 1. The quantitative estimate of drug-likeness (QED) is 0.720. The molecule has 0 unspecified atom stereocenters. The van der Waals surface area contributed by atoms with Gasteiger partial charge in [-0.25, -0.2) is 0 Å². The van der Waals surface area contributed by atoms with Crippen LogP contribution in [-0.4, -0.2) is 13.1 Å². The molecule has 1 aromatic heterocycles. The first kappa shape index (κ1) is 14.7. The molecule has 1 N–H and O–H groups in total. The molecule has 0 aliphatic heterocycles. The Bertz CT molecular complexity index is 689. The van der Waals surface area contributed by atoms with Gasteiger partial charge in [0.25, 0.3) is 0 Å². The molecule has 3 rings (SSSR count). The van der Waals surface area contributed by atoms with Gasteiger partial charge in [-0.2, -0.15) is 0 Å². The topological polar surface area (TPSA) is 29.1 Å². The predicted molar refractivity (Wildman–Crippen MR) is 89.8 cm³/mol. The minimum absolute atomic E-state index is 0.139. The monoisotopic (exact) mass is 285 g/mol. The Kier molecular flexibility index (Phi) is 5.27. The molecule has 20 heavy (non-hydrogen) atoms. The SMILES string of the molecule is CCNCC.O=c1c2ccccc2sc2ccccc12. The van der Waals surface area contributed by atoms with Crippen molar-refractivity contribution in [2.75, 3.05) is 13.1 Å². The molecule has 0 spiro atoms. The summed E-state index contributed by atoms with van der Waals surface area (Å²) >= 11 is 1.67. The normalized spacial score (nSPS) is 10.3. The van der Waals surface area contributed by atoms with Gasteiger partial charge in [0.05, 0.1) is 0 Å². The van der Waals surface area contributed by atoms with E-state index in [0.29, 0.717) is 0 Å². The van der Waals surface area contributed by atoms with Gasteiger partial charge in [0, 0.05) is 20.2 Å². The molecule has 0 saturated heterocycles. The standard InChI is InChI=1S/C13H8OS.C4H11N/c14-13-9-5-1-3-7-11(9)15-12-8-4-2-6-10(12)13;1-3-5-4-2/h1-8H;5H,3-4H2,1-2H3. The van der Waals surface area contributed by atoms with Crippen molar-refractivity contribution < 1.29 is 0 Å². The Hall–Kier alpha value is -1.71.